The number of rotatable bonds is 4. The Kier molecular flexibility index (Phi) is 4.13. The van der Waals surface area contributed by atoms with Crippen LogP contribution in [0.25, 0.3) is 0 Å². The van der Waals surface area contributed by atoms with E-state index >= 15 is 0 Å². The van der Waals surface area contributed by atoms with Gasteiger partial charge in [0.2, 0.25) is 5.91 Å². The molecule has 0 saturated heterocycles. The highest BCUT2D eigenvalue weighted by molar-refractivity contribution is 5.72. The van der Waals surface area contributed by atoms with Crippen LogP contribution in [0.5, 0.6) is 0 Å². The van der Waals surface area contributed by atoms with Crippen LogP contribution in [0.2, 0.25) is 0 Å². The first-order valence-electron chi connectivity index (χ1n) is 4.64. The summed E-state index contributed by atoms with van der Waals surface area (Å²) in [7, 11) is 0. The molecule has 0 aliphatic carbocycles. The topological polar surface area (TPSA) is 49.3 Å². The fourth-order valence-electron chi connectivity index (χ4n) is 1.28. The first kappa shape index (κ1) is 10.7. The number of hydrogen-bond donors (Lipinski definition) is 2. The Morgan fingerprint density at radius 3 is 2.57 bits per heavy atom. The zero-order chi connectivity index (χ0) is 10.4. The normalized spacial score (nSPS) is 12.1. The molecule has 0 saturated carbocycles. The van der Waals surface area contributed by atoms with E-state index in [0.717, 1.165) is 5.56 Å². The standard InChI is InChI=1S/C11H15NO2/c1-9(14)12-7-11(8-13)10-5-3-2-4-6-10/h2-6,11,13H,7-8H2,1H3,(H,12,14). The van der Waals surface area contributed by atoms with E-state index < -0.39 is 0 Å². The second kappa shape index (κ2) is 5.40. The van der Waals surface area contributed by atoms with E-state index in [1.807, 2.05) is 30.3 Å². The second-order valence-corrected chi connectivity index (χ2v) is 3.23. The molecule has 0 aliphatic heterocycles. The molecule has 0 aromatic heterocycles. The van der Waals surface area contributed by atoms with Gasteiger partial charge in [0, 0.05) is 19.4 Å². The van der Waals surface area contributed by atoms with E-state index in [1.165, 1.54) is 6.92 Å². The molecule has 76 valence electrons. The lowest BCUT2D eigenvalue weighted by Gasteiger charge is -2.14. The van der Waals surface area contributed by atoms with Crippen LogP contribution < -0.4 is 5.32 Å². The van der Waals surface area contributed by atoms with Gasteiger partial charge in [0.05, 0.1) is 6.61 Å². The summed E-state index contributed by atoms with van der Waals surface area (Å²) in [5.74, 6) is -0.0838. The van der Waals surface area contributed by atoms with Gasteiger partial charge in [-0.3, -0.25) is 4.79 Å². The van der Waals surface area contributed by atoms with Crippen molar-refractivity contribution in [3.63, 3.8) is 0 Å². The maximum atomic E-state index is 10.7. The van der Waals surface area contributed by atoms with Crippen LogP contribution in [0.4, 0.5) is 0 Å². The molecule has 1 aromatic carbocycles. The molecule has 0 bridgehead atoms. The largest absolute Gasteiger partial charge is 0.396 e. The highest BCUT2D eigenvalue weighted by Crippen LogP contribution is 2.13. The van der Waals surface area contributed by atoms with Crippen molar-refractivity contribution >= 4 is 5.91 Å². The van der Waals surface area contributed by atoms with Crippen molar-refractivity contribution in [1.29, 1.82) is 0 Å². The molecule has 3 heteroatoms. The molecule has 1 unspecified atom stereocenters. The minimum Gasteiger partial charge on any atom is -0.396 e. The smallest absolute Gasteiger partial charge is 0.216 e. The summed E-state index contributed by atoms with van der Waals surface area (Å²) >= 11 is 0. The van der Waals surface area contributed by atoms with Crippen molar-refractivity contribution < 1.29 is 9.90 Å². The molecule has 1 amide bonds. The van der Waals surface area contributed by atoms with Crippen LogP contribution in [0.15, 0.2) is 30.3 Å². The third kappa shape index (κ3) is 3.18. The van der Waals surface area contributed by atoms with Gasteiger partial charge in [0.15, 0.2) is 0 Å². The molecule has 1 aromatic rings. The fourth-order valence-corrected chi connectivity index (χ4v) is 1.28. The van der Waals surface area contributed by atoms with Gasteiger partial charge >= 0.3 is 0 Å². The summed E-state index contributed by atoms with van der Waals surface area (Å²) in [5.41, 5.74) is 1.05. The summed E-state index contributed by atoms with van der Waals surface area (Å²) in [6.07, 6.45) is 0. The van der Waals surface area contributed by atoms with Crippen LogP contribution >= 0.6 is 0 Å². The number of benzene rings is 1. The average Bonchev–Trinajstić information content (AvgIpc) is 2.20. The fraction of sp³-hybridized carbons (Fsp3) is 0.364. The monoisotopic (exact) mass is 193 g/mol. The second-order valence-electron chi connectivity index (χ2n) is 3.23. The highest BCUT2D eigenvalue weighted by Gasteiger charge is 2.09. The quantitative estimate of drug-likeness (QED) is 0.746. The van der Waals surface area contributed by atoms with Crippen LogP contribution in [-0.2, 0) is 4.79 Å². The van der Waals surface area contributed by atoms with E-state index in [0.29, 0.717) is 6.54 Å². The molecule has 0 aliphatic rings. The summed E-state index contributed by atoms with van der Waals surface area (Å²) in [5, 5.41) is 11.8. The highest BCUT2D eigenvalue weighted by atomic mass is 16.3. The maximum Gasteiger partial charge on any atom is 0.216 e. The Morgan fingerprint density at radius 2 is 2.07 bits per heavy atom. The Morgan fingerprint density at radius 1 is 1.43 bits per heavy atom. The Labute approximate surface area is 83.8 Å². The SMILES string of the molecule is CC(=O)NCC(CO)c1ccccc1. The molecular formula is C11H15NO2. The van der Waals surface area contributed by atoms with Gasteiger partial charge in [-0.1, -0.05) is 30.3 Å². The number of carbonyl (C=O) groups is 1. The number of amides is 1. The number of nitrogens with one attached hydrogen (secondary N) is 1. The Balaban J connectivity index is 2.58. The predicted molar refractivity (Wildman–Crippen MR) is 55.0 cm³/mol. The summed E-state index contributed by atoms with van der Waals surface area (Å²) in [6, 6.07) is 9.67. The third-order valence-corrected chi connectivity index (χ3v) is 2.09. The lowest BCUT2D eigenvalue weighted by molar-refractivity contribution is -0.119. The summed E-state index contributed by atoms with van der Waals surface area (Å²) in [6.45, 7) is 2.00. The number of carbonyl (C=O) groups excluding carboxylic acids is 1. The summed E-state index contributed by atoms with van der Waals surface area (Å²) < 4.78 is 0. The van der Waals surface area contributed by atoms with Gasteiger partial charge in [-0.25, -0.2) is 0 Å². The van der Waals surface area contributed by atoms with Crippen LogP contribution in [0.1, 0.15) is 18.4 Å². The van der Waals surface area contributed by atoms with Gasteiger partial charge < -0.3 is 10.4 Å². The van der Waals surface area contributed by atoms with E-state index in [9.17, 15) is 4.79 Å². The van der Waals surface area contributed by atoms with Crippen molar-refractivity contribution in [2.24, 2.45) is 0 Å². The number of aliphatic hydroxyl groups excluding tert-OH is 1. The Bertz CT molecular complexity index is 285. The van der Waals surface area contributed by atoms with Gasteiger partial charge in [0.25, 0.3) is 0 Å². The van der Waals surface area contributed by atoms with E-state index in [-0.39, 0.29) is 18.4 Å². The molecule has 2 N–H and O–H groups in total. The van der Waals surface area contributed by atoms with Gasteiger partial charge in [-0.15, -0.1) is 0 Å². The van der Waals surface area contributed by atoms with E-state index in [1.54, 1.807) is 0 Å². The number of aliphatic hydroxyl groups is 1. The predicted octanol–water partition coefficient (Wildman–Crippen LogP) is 0.899. The molecule has 3 nitrogen and oxygen atoms in total. The van der Waals surface area contributed by atoms with Crippen LogP contribution in [0, 0.1) is 0 Å². The van der Waals surface area contributed by atoms with Gasteiger partial charge in [-0.2, -0.15) is 0 Å². The lowest BCUT2D eigenvalue weighted by atomic mass is 10.0. The first-order valence-corrected chi connectivity index (χ1v) is 4.64. The van der Waals surface area contributed by atoms with Crippen molar-refractivity contribution in [2.75, 3.05) is 13.2 Å². The van der Waals surface area contributed by atoms with Gasteiger partial charge in [0.1, 0.15) is 0 Å². The third-order valence-electron chi connectivity index (χ3n) is 2.09. The van der Waals surface area contributed by atoms with Crippen molar-refractivity contribution in [3.05, 3.63) is 35.9 Å². The molecule has 14 heavy (non-hydrogen) atoms. The van der Waals surface area contributed by atoms with Gasteiger partial charge in [-0.05, 0) is 5.56 Å². The molecule has 0 spiro atoms. The molecule has 0 heterocycles. The van der Waals surface area contributed by atoms with Crippen molar-refractivity contribution in [1.82, 2.24) is 5.32 Å². The maximum absolute atomic E-state index is 10.7. The average molecular weight is 193 g/mol. The Hall–Kier alpha value is -1.35. The zero-order valence-electron chi connectivity index (χ0n) is 8.23. The molecule has 1 atom stereocenters. The minimum absolute atomic E-state index is 0.0138. The molecule has 0 fully saturated rings. The lowest BCUT2D eigenvalue weighted by Crippen LogP contribution is -2.27. The summed E-state index contributed by atoms with van der Waals surface area (Å²) in [4.78, 5) is 10.7. The van der Waals surface area contributed by atoms with E-state index in [2.05, 4.69) is 5.32 Å². The molecule has 1 rings (SSSR count). The van der Waals surface area contributed by atoms with Crippen LogP contribution in [-0.4, -0.2) is 24.2 Å². The van der Waals surface area contributed by atoms with Crippen molar-refractivity contribution in [2.45, 2.75) is 12.8 Å². The minimum atomic E-state index is -0.0700. The zero-order valence-corrected chi connectivity index (χ0v) is 8.23. The molecular weight excluding hydrogens is 178 g/mol. The first-order chi connectivity index (χ1) is 6.74. The van der Waals surface area contributed by atoms with Crippen LogP contribution in [0.3, 0.4) is 0 Å². The van der Waals surface area contributed by atoms with Crippen molar-refractivity contribution in [3.8, 4) is 0 Å². The molecule has 0 radical (unpaired) electrons. The van der Waals surface area contributed by atoms with E-state index in [4.69, 9.17) is 5.11 Å². The number of hydrogen-bond acceptors (Lipinski definition) is 2.